The van der Waals surface area contributed by atoms with Crippen LogP contribution in [0.3, 0.4) is 0 Å². The summed E-state index contributed by atoms with van der Waals surface area (Å²) in [5.74, 6) is 0.473. The molecule has 1 aliphatic carbocycles. The summed E-state index contributed by atoms with van der Waals surface area (Å²) in [6.45, 7) is 1.83. The Balaban J connectivity index is 2.08. The van der Waals surface area contributed by atoms with Crippen LogP contribution in [0.25, 0.3) is 0 Å². The fourth-order valence-electron chi connectivity index (χ4n) is 2.56. The number of nitrogens with zero attached hydrogens (tertiary/aromatic N) is 2. The summed E-state index contributed by atoms with van der Waals surface area (Å²) in [4.78, 5) is 20.7. The fraction of sp³-hybridized carbons (Fsp3) is 0.643. The first kappa shape index (κ1) is 14.7. The smallest absolute Gasteiger partial charge is 0.232 e. The van der Waals surface area contributed by atoms with Gasteiger partial charge < -0.3 is 10.5 Å². The molecule has 1 aromatic heterocycles. The van der Waals surface area contributed by atoms with Crippen molar-refractivity contribution in [1.29, 1.82) is 0 Å². The van der Waals surface area contributed by atoms with Crippen LogP contribution < -0.4 is 15.8 Å². The average Bonchev–Trinajstić information content (AvgIpc) is 2.62. The van der Waals surface area contributed by atoms with Gasteiger partial charge in [-0.3, -0.25) is 10.1 Å². The predicted molar refractivity (Wildman–Crippen MR) is 76.5 cm³/mol. The van der Waals surface area contributed by atoms with Gasteiger partial charge in [-0.15, -0.1) is 0 Å². The van der Waals surface area contributed by atoms with Gasteiger partial charge in [0.05, 0.1) is 13.0 Å². The van der Waals surface area contributed by atoms with E-state index in [2.05, 4.69) is 15.3 Å². The number of anilines is 1. The number of hydrogen-bond acceptors (Lipinski definition) is 5. The zero-order valence-corrected chi connectivity index (χ0v) is 12.1. The lowest BCUT2D eigenvalue weighted by Gasteiger charge is -2.20. The molecule has 1 amide bonds. The van der Waals surface area contributed by atoms with Crippen molar-refractivity contribution in [1.82, 2.24) is 9.97 Å². The molecule has 6 nitrogen and oxygen atoms in total. The summed E-state index contributed by atoms with van der Waals surface area (Å²) in [5, 5.41) is 2.76. The number of hydrogen-bond donors (Lipinski definition) is 2. The minimum atomic E-state index is -0.160. The molecule has 1 aromatic rings. The number of aryl methyl sites for hydroxylation is 1. The summed E-state index contributed by atoms with van der Waals surface area (Å²) >= 11 is 0. The number of methoxy groups -OCH3 is 1. The van der Waals surface area contributed by atoms with Gasteiger partial charge in [-0.1, -0.05) is 19.3 Å². The number of rotatable bonds is 3. The minimum Gasteiger partial charge on any atom is -0.481 e. The lowest BCUT2D eigenvalue weighted by atomic mass is 9.95. The molecular weight excluding hydrogens is 256 g/mol. The Kier molecular flexibility index (Phi) is 4.89. The van der Waals surface area contributed by atoms with Gasteiger partial charge in [0, 0.05) is 17.8 Å². The van der Waals surface area contributed by atoms with E-state index in [1.54, 1.807) is 6.07 Å². The summed E-state index contributed by atoms with van der Waals surface area (Å²) < 4.78 is 5.08. The van der Waals surface area contributed by atoms with Crippen molar-refractivity contribution >= 4 is 11.9 Å². The van der Waals surface area contributed by atoms with Crippen LogP contribution in [0.5, 0.6) is 5.88 Å². The quantitative estimate of drug-likeness (QED) is 0.820. The second kappa shape index (κ2) is 6.65. The van der Waals surface area contributed by atoms with Crippen molar-refractivity contribution in [3.05, 3.63) is 11.8 Å². The molecule has 1 fully saturated rings. The molecule has 3 N–H and O–H groups in total. The second-order valence-electron chi connectivity index (χ2n) is 5.27. The molecule has 0 aliphatic heterocycles. The van der Waals surface area contributed by atoms with Gasteiger partial charge in [0.25, 0.3) is 0 Å². The Labute approximate surface area is 119 Å². The number of aromatic nitrogens is 2. The number of nitrogens with two attached hydrogens (primary N) is 1. The first-order chi connectivity index (χ1) is 9.60. The fourth-order valence-corrected chi connectivity index (χ4v) is 2.56. The van der Waals surface area contributed by atoms with Crippen LogP contribution in [-0.2, 0) is 4.79 Å². The lowest BCUT2D eigenvalue weighted by Crippen LogP contribution is -2.38. The van der Waals surface area contributed by atoms with Gasteiger partial charge in [0.2, 0.25) is 17.7 Å². The van der Waals surface area contributed by atoms with Gasteiger partial charge in [-0.05, 0) is 19.8 Å². The van der Waals surface area contributed by atoms with Crippen molar-refractivity contribution in [3.63, 3.8) is 0 Å². The molecule has 0 spiro atoms. The zero-order chi connectivity index (χ0) is 14.5. The van der Waals surface area contributed by atoms with Crippen LogP contribution in [0, 0.1) is 12.8 Å². The Morgan fingerprint density at radius 2 is 2.10 bits per heavy atom. The molecule has 2 rings (SSSR count). The highest BCUT2D eigenvalue weighted by Gasteiger charge is 2.27. The van der Waals surface area contributed by atoms with Crippen LogP contribution in [0.4, 0.5) is 5.95 Å². The van der Waals surface area contributed by atoms with E-state index in [0.29, 0.717) is 5.88 Å². The zero-order valence-electron chi connectivity index (χ0n) is 12.1. The Morgan fingerprint density at radius 1 is 1.35 bits per heavy atom. The van der Waals surface area contributed by atoms with Gasteiger partial charge in [0.15, 0.2) is 0 Å². The maximum atomic E-state index is 12.3. The van der Waals surface area contributed by atoms with Gasteiger partial charge in [-0.25, -0.2) is 4.98 Å². The highest BCUT2D eigenvalue weighted by molar-refractivity contribution is 5.91. The minimum absolute atomic E-state index is 0.0794. The van der Waals surface area contributed by atoms with Crippen molar-refractivity contribution in [2.75, 3.05) is 12.4 Å². The molecule has 1 saturated carbocycles. The molecule has 0 aromatic carbocycles. The average molecular weight is 278 g/mol. The lowest BCUT2D eigenvalue weighted by molar-refractivity contribution is -0.120. The third-order valence-corrected chi connectivity index (χ3v) is 3.68. The maximum Gasteiger partial charge on any atom is 0.232 e. The summed E-state index contributed by atoms with van der Waals surface area (Å²) in [5.41, 5.74) is 6.84. The molecule has 0 bridgehead atoms. The standard InChI is InChI=1S/C14H22N4O2/c1-9-8-12(20-2)17-14(16-9)18-13(19)10-6-4-3-5-7-11(10)15/h8,10-11H,3-7,15H2,1-2H3,(H,16,17,18,19). The SMILES string of the molecule is COc1cc(C)nc(NC(=O)C2CCCCCC2N)n1. The normalized spacial score (nSPS) is 22.9. The van der Waals surface area contributed by atoms with E-state index in [1.807, 2.05) is 6.92 Å². The Hall–Kier alpha value is -1.69. The van der Waals surface area contributed by atoms with Crippen LogP contribution >= 0.6 is 0 Å². The topological polar surface area (TPSA) is 90.1 Å². The number of ether oxygens (including phenoxy) is 1. The van der Waals surface area contributed by atoms with Crippen molar-refractivity contribution in [2.45, 2.75) is 45.1 Å². The molecule has 0 saturated heterocycles. The molecule has 20 heavy (non-hydrogen) atoms. The van der Waals surface area contributed by atoms with E-state index in [0.717, 1.165) is 37.8 Å². The largest absolute Gasteiger partial charge is 0.481 e. The van der Waals surface area contributed by atoms with E-state index in [1.165, 1.54) is 7.11 Å². The molecular formula is C14H22N4O2. The van der Waals surface area contributed by atoms with Gasteiger partial charge in [-0.2, -0.15) is 4.98 Å². The van der Waals surface area contributed by atoms with Crippen molar-refractivity contribution < 1.29 is 9.53 Å². The Morgan fingerprint density at radius 3 is 2.85 bits per heavy atom. The van der Waals surface area contributed by atoms with E-state index < -0.39 is 0 Å². The molecule has 110 valence electrons. The number of amides is 1. The number of nitrogens with one attached hydrogen (secondary N) is 1. The van der Waals surface area contributed by atoms with Gasteiger partial charge in [0.1, 0.15) is 0 Å². The summed E-state index contributed by atoms with van der Waals surface area (Å²) in [6.07, 6.45) is 5.02. The van der Waals surface area contributed by atoms with E-state index in [4.69, 9.17) is 10.5 Å². The molecule has 6 heteroatoms. The van der Waals surface area contributed by atoms with Crippen molar-refractivity contribution in [3.8, 4) is 5.88 Å². The van der Waals surface area contributed by atoms with E-state index >= 15 is 0 Å². The molecule has 1 heterocycles. The number of carbonyl (C=O) groups excluding carboxylic acids is 1. The first-order valence-electron chi connectivity index (χ1n) is 7.06. The summed E-state index contributed by atoms with van der Waals surface area (Å²) in [6, 6.07) is 1.64. The maximum absolute atomic E-state index is 12.3. The van der Waals surface area contributed by atoms with E-state index in [9.17, 15) is 4.79 Å². The third-order valence-electron chi connectivity index (χ3n) is 3.68. The van der Waals surface area contributed by atoms with Crippen LogP contribution in [0.15, 0.2) is 6.07 Å². The van der Waals surface area contributed by atoms with Crippen molar-refractivity contribution in [2.24, 2.45) is 11.7 Å². The Bertz CT molecular complexity index is 478. The third kappa shape index (κ3) is 3.66. The molecule has 1 aliphatic rings. The highest BCUT2D eigenvalue weighted by Crippen LogP contribution is 2.23. The molecule has 2 unspecified atom stereocenters. The molecule has 0 radical (unpaired) electrons. The predicted octanol–water partition coefficient (Wildman–Crippen LogP) is 1.64. The molecule has 2 atom stereocenters. The van der Waals surface area contributed by atoms with E-state index in [-0.39, 0.29) is 23.8 Å². The van der Waals surface area contributed by atoms with Gasteiger partial charge >= 0.3 is 0 Å². The second-order valence-corrected chi connectivity index (χ2v) is 5.27. The van der Waals surface area contributed by atoms with Crippen LogP contribution in [0.2, 0.25) is 0 Å². The monoisotopic (exact) mass is 278 g/mol. The van der Waals surface area contributed by atoms with Crippen LogP contribution in [0.1, 0.15) is 37.8 Å². The first-order valence-corrected chi connectivity index (χ1v) is 7.06. The van der Waals surface area contributed by atoms with Crippen LogP contribution in [-0.4, -0.2) is 29.0 Å². The highest BCUT2D eigenvalue weighted by atomic mass is 16.5. The number of carbonyl (C=O) groups is 1. The summed E-state index contributed by atoms with van der Waals surface area (Å²) in [7, 11) is 1.54.